The molecular weight excluding hydrogens is 344 g/mol. The highest BCUT2D eigenvalue weighted by molar-refractivity contribution is 7.92. The van der Waals surface area contributed by atoms with Gasteiger partial charge in [0.15, 0.2) is 5.58 Å². The van der Waals surface area contributed by atoms with Gasteiger partial charge in [0.2, 0.25) is 0 Å². The molecule has 0 saturated carbocycles. The maximum Gasteiger partial charge on any atom is 0.262 e. The van der Waals surface area contributed by atoms with E-state index in [0.29, 0.717) is 29.2 Å². The van der Waals surface area contributed by atoms with Crippen LogP contribution in [0.15, 0.2) is 45.8 Å². The van der Waals surface area contributed by atoms with Crippen LogP contribution in [0.25, 0.3) is 11.0 Å². The van der Waals surface area contributed by atoms with Crippen molar-refractivity contribution < 1.29 is 22.4 Å². The van der Waals surface area contributed by atoms with Gasteiger partial charge in [-0.3, -0.25) is 4.72 Å². The number of nitrogens with zero attached hydrogens (tertiary/aromatic N) is 1. The third-order valence-electron chi connectivity index (χ3n) is 3.82. The van der Waals surface area contributed by atoms with E-state index in [2.05, 4.69) is 9.88 Å². The van der Waals surface area contributed by atoms with Crippen molar-refractivity contribution in [2.45, 2.75) is 18.2 Å². The van der Waals surface area contributed by atoms with Gasteiger partial charge in [0, 0.05) is 11.5 Å². The molecule has 132 valence electrons. The fraction of sp³-hybridized carbons (Fsp3) is 0.235. The smallest absolute Gasteiger partial charge is 0.262 e. The fourth-order valence-electron chi connectivity index (χ4n) is 2.48. The number of aryl methyl sites for hydroxylation is 1. The van der Waals surface area contributed by atoms with Crippen molar-refractivity contribution in [3.63, 3.8) is 0 Å². The van der Waals surface area contributed by atoms with E-state index in [0.717, 1.165) is 11.1 Å². The minimum atomic E-state index is -3.78. The quantitative estimate of drug-likeness (QED) is 0.724. The predicted molar refractivity (Wildman–Crippen MR) is 93.7 cm³/mol. The first-order chi connectivity index (χ1) is 12.0. The molecule has 3 aromatic rings. The first kappa shape index (κ1) is 17.1. The molecule has 0 radical (unpaired) electrons. The van der Waals surface area contributed by atoms with Gasteiger partial charge in [0.1, 0.15) is 11.5 Å². The minimum Gasteiger partial charge on any atom is -0.497 e. The van der Waals surface area contributed by atoms with Crippen molar-refractivity contribution in [2.24, 2.45) is 0 Å². The van der Waals surface area contributed by atoms with Crippen LogP contribution in [-0.4, -0.2) is 27.8 Å². The van der Waals surface area contributed by atoms with Gasteiger partial charge in [-0.05, 0) is 36.8 Å². The van der Waals surface area contributed by atoms with Gasteiger partial charge in [-0.15, -0.1) is 0 Å². The molecule has 0 atom stereocenters. The summed E-state index contributed by atoms with van der Waals surface area (Å²) in [6.45, 7) is 1.95. The van der Waals surface area contributed by atoms with Gasteiger partial charge in [-0.25, -0.2) is 8.42 Å². The number of ether oxygens (including phenoxy) is 2. The first-order valence-corrected chi connectivity index (χ1v) is 9.10. The zero-order valence-electron chi connectivity index (χ0n) is 14.1. The highest BCUT2D eigenvalue weighted by atomic mass is 32.2. The standard InChI is InChI=1S/C17H18N2O5S/c1-4-14-13-9-15(17(23-3)10-16(13)24-18-14)19-25(20,21)12-7-5-11(22-2)6-8-12/h5-10,19H,4H2,1-3H3. The molecule has 0 amide bonds. The second-order valence-electron chi connectivity index (χ2n) is 5.31. The lowest BCUT2D eigenvalue weighted by Crippen LogP contribution is -2.13. The molecule has 2 aromatic carbocycles. The van der Waals surface area contributed by atoms with Crippen LogP contribution in [0.4, 0.5) is 5.69 Å². The Labute approximate surface area is 145 Å². The summed E-state index contributed by atoms with van der Waals surface area (Å²) in [7, 11) is -0.797. The molecule has 0 bridgehead atoms. The maximum atomic E-state index is 12.7. The molecule has 0 spiro atoms. The Morgan fingerprint density at radius 3 is 2.44 bits per heavy atom. The van der Waals surface area contributed by atoms with E-state index in [9.17, 15) is 8.42 Å². The fourth-order valence-corrected chi connectivity index (χ4v) is 3.54. The summed E-state index contributed by atoms with van der Waals surface area (Å²) in [6, 6.07) is 9.42. The van der Waals surface area contributed by atoms with Crippen LogP contribution >= 0.6 is 0 Å². The lowest BCUT2D eigenvalue weighted by Gasteiger charge is -2.12. The molecule has 3 rings (SSSR count). The number of fused-ring (bicyclic) bond motifs is 1. The summed E-state index contributed by atoms with van der Waals surface area (Å²) in [4.78, 5) is 0.122. The van der Waals surface area contributed by atoms with Crippen molar-refractivity contribution in [1.29, 1.82) is 0 Å². The van der Waals surface area contributed by atoms with E-state index >= 15 is 0 Å². The molecular formula is C17H18N2O5S. The molecule has 1 aromatic heterocycles. The van der Waals surface area contributed by atoms with Gasteiger partial charge >= 0.3 is 0 Å². The molecule has 0 aliphatic carbocycles. The number of rotatable bonds is 6. The molecule has 8 heteroatoms. The van der Waals surface area contributed by atoms with Crippen molar-refractivity contribution in [2.75, 3.05) is 18.9 Å². The Kier molecular flexibility index (Phi) is 4.54. The normalized spacial score (nSPS) is 11.5. The Morgan fingerprint density at radius 1 is 1.12 bits per heavy atom. The first-order valence-electron chi connectivity index (χ1n) is 7.61. The Bertz CT molecular complexity index is 994. The molecule has 7 nitrogen and oxygen atoms in total. The lowest BCUT2D eigenvalue weighted by molar-refractivity contribution is 0.413. The number of nitrogens with one attached hydrogen (secondary N) is 1. The van der Waals surface area contributed by atoms with Gasteiger partial charge in [-0.2, -0.15) is 0 Å². The van der Waals surface area contributed by atoms with Crippen molar-refractivity contribution in [3.05, 3.63) is 42.1 Å². The Morgan fingerprint density at radius 2 is 1.84 bits per heavy atom. The highest BCUT2D eigenvalue weighted by Gasteiger charge is 2.19. The van der Waals surface area contributed by atoms with Gasteiger partial charge in [-0.1, -0.05) is 12.1 Å². The summed E-state index contributed by atoms with van der Waals surface area (Å²) in [6.07, 6.45) is 0.671. The second kappa shape index (κ2) is 6.64. The SMILES string of the molecule is CCc1noc2cc(OC)c(NS(=O)(=O)c3ccc(OC)cc3)cc12. The van der Waals surface area contributed by atoms with E-state index in [1.54, 1.807) is 24.3 Å². The molecule has 1 N–H and O–H groups in total. The average molecular weight is 362 g/mol. The average Bonchev–Trinajstić information content (AvgIpc) is 3.02. The topological polar surface area (TPSA) is 90.7 Å². The molecule has 0 saturated heterocycles. The number of hydrogen-bond acceptors (Lipinski definition) is 6. The summed E-state index contributed by atoms with van der Waals surface area (Å²) < 4.78 is 43.5. The zero-order chi connectivity index (χ0) is 18.0. The summed E-state index contributed by atoms with van der Waals surface area (Å²) in [5, 5.41) is 4.73. The van der Waals surface area contributed by atoms with Crippen LogP contribution in [0.1, 0.15) is 12.6 Å². The number of hydrogen-bond donors (Lipinski definition) is 1. The van der Waals surface area contributed by atoms with Crippen LogP contribution in [0.5, 0.6) is 11.5 Å². The van der Waals surface area contributed by atoms with Gasteiger partial charge in [0.25, 0.3) is 10.0 Å². The monoisotopic (exact) mass is 362 g/mol. The lowest BCUT2D eigenvalue weighted by atomic mass is 10.1. The Balaban J connectivity index is 2.02. The van der Waals surface area contributed by atoms with Crippen molar-refractivity contribution in [3.8, 4) is 11.5 Å². The molecule has 0 aliphatic heterocycles. The third kappa shape index (κ3) is 3.25. The molecule has 0 unspecified atom stereocenters. The second-order valence-corrected chi connectivity index (χ2v) is 6.99. The van der Waals surface area contributed by atoms with Crippen molar-refractivity contribution >= 4 is 26.7 Å². The summed E-state index contributed by atoms with van der Waals surface area (Å²) >= 11 is 0. The predicted octanol–water partition coefficient (Wildman–Crippen LogP) is 3.21. The van der Waals surface area contributed by atoms with Crippen LogP contribution in [0.3, 0.4) is 0 Å². The largest absolute Gasteiger partial charge is 0.497 e. The van der Waals surface area contributed by atoms with E-state index in [1.807, 2.05) is 6.92 Å². The van der Waals surface area contributed by atoms with E-state index < -0.39 is 10.0 Å². The molecule has 1 heterocycles. The van der Waals surface area contributed by atoms with Crippen molar-refractivity contribution in [1.82, 2.24) is 5.16 Å². The summed E-state index contributed by atoms with van der Waals surface area (Å²) in [5.41, 5.74) is 1.62. The molecule has 0 fully saturated rings. The van der Waals surface area contributed by atoms with Gasteiger partial charge < -0.3 is 14.0 Å². The minimum absolute atomic E-state index is 0.122. The third-order valence-corrected chi connectivity index (χ3v) is 5.20. The number of anilines is 1. The number of aromatic nitrogens is 1. The van der Waals surface area contributed by atoms with Crippen LogP contribution in [-0.2, 0) is 16.4 Å². The van der Waals surface area contributed by atoms with Crippen LogP contribution in [0, 0.1) is 0 Å². The summed E-state index contributed by atoms with van der Waals surface area (Å²) in [5.74, 6) is 0.929. The van der Waals surface area contributed by atoms with E-state index in [1.165, 1.54) is 26.4 Å². The van der Waals surface area contributed by atoms with E-state index in [4.69, 9.17) is 14.0 Å². The highest BCUT2D eigenvalue weighted by Crippen LogP contribution is 2.33. The van der Waals surface area contributed by atoms with Crippen LogP contribution in [0.2, 0.25) is 0 Å². The van der Waals surface area contributed by atoms with Crippen LogP contribution < -0.4 is 14.2 Å². The maximum absolute atomic E-state index is 12.7. The van der Waals surface area contributed by atoms with Gasteiger partial charge in [0.05, 0.1) is 30.5 Å². The Hall–Kier alpha value is -2.74. The molecule has 25 heavy (non-hydrogen) atoms. The number of benzene rings is 2. The molecule has 0 aliphatic rings. The number of methoxy groups -OCH3 is 2. The zero-order valence-corrected chi connectivity index (χ0v) is 14.9. The van der Waals surface area contributed by atoms with E-state index in [-0.39, 0.29) is 4.90 Å². The number of sulfonamides is 1.